The number of nitrogens with two attached hydrogens (primary N) is 3. The fourth-order valence-electron chi connectivity index (χ4n) is 1.51. The van der Waals surface area contributed by atoms with Crippen molar-refractivity contribution in [2.75, 3.05) is 11.5 Å². The molecule has 0 saturated heterocycles. The molecular formula is C12H12N4O. The summed E-state index contributed by atoms with van der Waals surface area (Å²) in [6.45, 7) is 0. The minimum atomic E-state index is -0.468. The fourth-order valence-corrected chi connectivity index (χ4v) is 1.51. The van der Waals surface area contributed by atoms with Crippen molar-refractivity contribution in [1.82, 2.24) is 4.98 Å². The summed E-state index contributed by atoms with van der Waals surface area (Å²) in [5.41, 5.74) is 19.4. The van der Waals surface area contributed by atoms with Crippen LogP contribution in [0.2, 0.25) is 0 Å². The number of benzene rings is 1. The first kappa shape index (κ1) is 10.9. The van der Waals surface area contributed by atoms with Gasteiger partial charge < -0.3 is 17.2 Å². The van der Waals surface area contributed by atoms with Crippen molar-refractivity contribution in [2.45, 2.75) is 0 Å². The molecule has 1 aromatic heterocycles. The van der Waals surface area contributed by atoms with Crippen LogP contribution in [0.15, 0.2) is 36.5 Å². The molecule has 0 radical (unpaired) electrons. The lowest BCUT2D eigenvalue weighted by atomic mass is 10.1. The molecule has 5 heteroatoms. The maximum absolute atomic E-state index is 10.9. The molecule has 0 fully saturated rings. The molecule has 2 rings (SSSR count). The van der Waals surface area contributed by atoms with Crippen LogP contribution in [0.5, 0.6) is 0 Å². The summed E-state index contributed by atoms with van der Waals surface area (Å²) in [6, 6.07) is 8.36. The molecule has 0 unspecified atom stereocenters. The van der Waals surface area contributed by atoms with E-state index in [0.717, 1.165) is 5.56 Å². The fraction of sp³-hybridized carbons (Fsp3) is 0. The minimum absolute atomic E-state index is 0.430. The summed E-state index contributed by atoms with van der Waals surface area (Å²) in [5.74, 6) is -0.468. The monoisotopic (exact) mass is 228 g/mol. The van der Waals surface area contributed by atoms with Gasteiger partial charge in [-0.1, -0.05) is 12.1 Å². The standard InChI is InChI=1S/C12H12N4O/c13-9-5-6-16-11(10(9)14)7-1-3-8(4-2-7)12(15)17/h1-6H,14H2,(H2,13,16)(H2,15,17). The summed E-state index contributed by atoms with van der Waals surface area (Å²) in [6.07, 6.45) is 1.59. The molecule has 0 aliphatic carbocycles. The van der Waals surface area contributed by atoms with Gasteiger partial charge in [-0.3, -0.25) is 9.78 Å². The summed E-state index contributed by atoms with van der Waals surface area (Å²) in [7, 11) is 0. The number of nitrogen functional groups attached to an aromatic ring is 2. The van der Waals surface area contributed by atoms with Gasteiger partial charge in [-0.2, -0.15) is 0 Å². The molecule has 0 spiro atoms. The highest BCUT2D eigenvalue weighted by atomic mass is 16.1. The highest BCUT2D eigenvalue weighted by Crippen LogP contribution is 2.27. The average Bonchev–Trinajstić information content (AvgIpc) is 2.33. The van der Waals surface area contributed by atoms with E-state index in [4.69, 9.17) is 17.2 Å². The van der Waals surface area contributed by atoms with Gasteiger partial charge in [0.05, 0.1) is 17.1 Å². The molecule has 0 aliphatic rings. The molecule has 1 amide bonds. The highest BCUT2D eigenvalue weighted by molar-refractivity contribution is 5.93. The van der Waals surface area contributed by atoms with Gasteiger partial charge in [0.2, 0.25) is 5.91 Å². The van der Waals surface area contributed by atoms with E-state index in [0.29, 0.717) is 22.6 Å². The van der Waals surface area contributed by atoms with Crippen LogP contribution in [0, 0.1) is 0 Å². The molecule has 6 N–H and O–H groups in total. The van der Waals surface area contributed by atoms with E-state index in [-0.39, 0.29) is 0 Å². The molecule has 17 heavy (non-hydrogen) atoms. The number of primary amides is 1. The topological polar surface area (TPSA) is 108 Å². The summed E-state index contributed by atoms with van der Waals surface area (Å²) < 4.78 is 0. The molecule has 86 valence electrons. The van der Waals surface area contributed by atoms with Gasteiger partial charge >= 0.3 is 0 Å². The number of rotatable bonds is 2. The normalized spacial score (nSPS) is 10.1. The van der Waals surface area contributed by atoms with Gasteiger partial charge in [0.1, 0.15) is 0 Å². The van der Waals surface area contributed by atoms with Crippen LogP contribution in [0.1, 0.15) is 10.4 Å². The smallest absolute Gasteiger partial charge is 0.248 e. The van der Waals surface area contributed by atoms with Gasteiger partial charge in [-0.25, -0.2) is 0 Å². The lowest BCUT2D eigenvalue weighted by Gasteiger charge is -2.07. The lowest BCUT2D eigenvalue weighted by molar-refractivity contribution is 0.100. The Morgan fingerprint density at radius 1 is 1.06 bits per heavy atom. The molecule has 2 aromatic rings. The van der Waals surface area contributed by atoms with Crippen LogP contribution in [-0.4, -0.2) is 10.9 Å². The second-order valence-corrected chi connectivity index (χ2v) is 3.60. The summed E-state index contributed by atoms with van der Waals surface area (Å²) in [4.78, 5) is 15.1. The van der Waals surface area contributed by atoms with E-state index >= 15 is 0 Å². The maximum Gasteiger partial charge on any atom is 0.248 e. The lowest BCUT2D eigenvalue weighted by Crippen LogP contribution is -2.10. The number of hydrogen-bond acceptors (Lipinski definition) is 4. The Morgan fingerprint density at radius 3 is 2.29 bits per heavy atom. The summed E-state index contributed by atoms with van der Waals surface area (Å²) in [5, 5.41) is 0. The van der Waals surface area contributed by atoms with Crippen LogP contribution in [0.25, 0.3) is 11.3 Å². The van der Waals surface area contributed by atoms with Crippen molar-refractivity contribution in [3.63, 3.8) is 0 Å². The van der Waals surface area contributed by atoms with Crippen LogP contribution in [0.4, 0.5) is 11.4 Å². The minimum Gasteiger partial charge on any atom is -0.397 e. The zero-order valence-electron chi connectivity index (χ0n) is 9.05. The third kappa shape index (κ3) is 2.03. The van der Waals surface area contributed by atoms with E-state index in [1.165, 1.54) is 0 Å². The van der Waals surface area contributed by atoms with Crippen molar-refractivity contribution in [2.24, 2.45) is 5.73 Å². The van der Waals surface area contributed by atoms with Gasteiger partial charge in [-0.15, -0.1) is 0 Å². The number of aromatic nitrogens is 1. The van der Waals surface area contributed by atoms with Crippen LogP contribution in [0.3, 0.4) is 0 Å². The highest BCUT2D eigenvalue weighted by Gasteiger charge is 2.07. The Balaban J connectivity index is 2.47. The van der Waals surface area contributed by atoms with Crippen molar-refractivity contribution >= 4 is 17.3 Å². The van der Waals surface area contributed by atoms with Crippen molar-refractivity contribution in [3.8, 4) is 11.3 Å². The van der Waals surface area contributed by atoms with Crippen molar-refractivity contribution < 1.29 is 4.79 Å². The van der Waals surface area contributed by atoms with Gasteiger partial charge in [0.25, 0.3) is 0 Å². The Labute approximate surface area is 98.3 Å². The van der Waals surface area contributed by atoms with E-state index in [9.17, 15) is 4.79 Å². The number of carbonyl (C=O) groups is 1. The second-order valence-electron chi connectivity index (χ2n) is 3.60. The van der Waals surface area contributed by atoms with Gasteiger partial charge in [0, 0.05) is 17.3 Å². The predicted molar refractivity (Wildman–Crippen MR) is 67.0 cm³/mol. The molecule has 0 bridgehead atoms. The Kier molecular flexibility index (Phi) is 2.66. The third-order valence-corrected chi connectivity index (χ3v) is 2.47. The molecule has 0 atom stereocenters. The van der Waals surface area contributed by atoms with Crippen LogP contribution in [-0.2, 0) is 0 Å². The van der Waals surface area contributed by atoms with Crippen molar-refractivity contribution in [1.29, 1.82) is 0 Å². The molecule has 1 heterocycles. The number of nitrogens with zero attached hydrogens (tertiary/aromatic N) is 1. The molecular weight excluding hydrogens is 216 g/mol. The van der Waals surface area contributed by atoms with Gasteiger partial charge in [-0.05, 0) is 18.2 Å². The number of pyridine rings is 1. The largest absolute Gasteiger partial charge is 0.397 e. The number of carbonyl (C=O) groups excluding carboxylic acids is 1. The molecule has 1 aromatic carbocycles. The first-order chi connectivity index (χ1) is 8.09. The van der Waals surface area contributed by atoms with Gasteiger partial charge in [0.15, 0.2) is 0 Å². The second kappa shape index (κ2) is 4.13. The summed E-state index contributed by atoms with van der Waals surface area (Å²) >= 11 is 0. The quantitative estimate of drug-likeness (QED) is 0.712. The Morgan fingerprint density at radius 2 is 1.71 bits per heavy atom. The molecule has 0 saturated carbocycles. The van der Waals surface area contributed by atoms with E-state index in [1.54, 1.807) is 36.5 Å². The average molecular weight is 228 g/mol. The maximum atomic E-state index is 10.9. The van der Waals surface area contributed by atoms with Crippen LogP contribution < -0.4 is 17.2 Å². The first-order valence-electron chi connectivity index (χ1n) is 5.00. The Hall–Kier alpha value is -2.56. The van der Waals surface area contributed by atoms with Crippen molar-refractivity contribution in [3.05, 3.63) is 42.1 Å². The number of amides is 1. The zero-order chi connectivity index (χ0) is 12.4. The van der Waals surface area contributed by atoms with Crippen LogP contribution >= 0.6 is 0 Å². The number of hydrogen-bond donors (Lipinski definition) is 3. The molecule has 5 nitrogen and oxygen atoms in total. The SMILES string of the molecule is NC(=O)c1ccc(-c2nccc(N)c2N)cc1. The Bertz CT molecular complexity index is 563. The number of anilines is 2. The zero-order valence-corrected chi connectivity index (χ0v) is 9.05. The van der Waals surface area contributed by atoms with E-state index < -0.39 is 5.91 Å². The first-order valence-corrected chi connectivity index (χ1v) is 5.00. The molecule has 0 aliphatic heterocycles. The van der Waals surface area contributed by atoms with E-state index in [2.05, 4.69) is 4.98 Å². The van der Waals surface area contributed by atoms with E-state index in [1.807, 2.05) is 0 Å². The predicted octanol–water partition coefficient (Wildman–Crippen LogP) is 1.01. The third-order valence-electron chi connectivity index (χ3n) is 2.47.